The molecule has 0 amide bonds. The first kappa shape index (κ1) is 21.5. The van der Waals surface area contributed by atoms with Gasteiger partial charge in [0.15, 0.2) is 0 Å². The zero-order chi connectivity index (χ0) is 22.6. The quantitative estimate of drug-likeness (QED) is 0.588. The second-order valence-corrected chi connectivity index (χ2v) is 8.86. The van der Waals surface area contributed by atoms with Gasteiger partial charge in [0.25, 0.3) is 10.0 Å². The lowest BCUT2D eigenvalue weighted by atomic mass is 10.2. The second-order valence-electron chi connectivity index (χ2n) is 7.21. The molecule has 164 valence electrons. The van der Waals surface area contributed by atoms with E-state index in [4.69, 9.17) is 4.74 Å². The summed E-state index contributed by atoms with van der Waals surface area (Å²) in [5.41, 5.74) is 2.02. The van der Waals surface area contributed by atoms with E-state index in [1.54, 1.807) is 36.4 Å². The van der Waals surface area contributed by atoms with Crippen molar-refractivity contribution in [3.63, 3.8) is 0 Å². The SMILES string of the molecule is Cc1cc(N2CCOCC2)nc(Nc2ccc(NS(=O)(=O)c3ccccc3C#N)cc2)n1. The molecule has 9 nitrogen and oxygen atoms in total. The standard InChI is InChI=1S/C22H22N6O3S/c1-16-14-21(28-10-12-31-13-11-28)26-22(24-16)25-18-6-8-19(9-7-18)27-32(29,30)20-5-3-2-4-17(20)15-23/h2-9,14,27H,10-13H2,1H3,(H,24,25,26). The Labute approximate surface area is 186 Å². The molecular weight excluding hydrogens is 428 g/mol. The molecule has 2 aromatic carbocycles. The van der Waals surface area contributed by atoms with Crippen LogP contribution in [0.5, 0.6) is 0 Å². The number of ether oxygens (including phenoxy) is 1. The van der Waals surface area contributed by atoms with E-state index in [1.165, 1.54) is 12.1 Å². The van der Waals surface area contributed by atoms with Crippen LogP contribution in [0, 0.1) is 18.3 Å². The second kappa shape index (κ2) is 9.21. The molecule has 32 heavy (non-hydrogen) atoms. The van der Waals surface area contributed by atoms with Crippen molar-refractivity contribution in [2.45, 2.75) is 11.8 Å². The maximum Gasteiger partial charge on any atom is 0.263 e. The van der Waals surface area contributed by atoms with Crippen molar-refractivity contribution < 1.29 is 13.2 Å². The van der Waals surface area contributed by atoms with Crippen molar-refractivity contribution in [2.24, 2.45) is 0 Å². The predicted molar refractivity (Wildman–Crippen MR) is 121 cm³/mol. The third-order valence-corrected chi connectivity index (χ3v) is 6.31. The summed E-state index contributed by atoms with van der Waals surface area (Å²) in [5.74, 6) is 1.30. The van der Waals surface area contributed by atoms with Crippen LogP contribution in [0.1, 0.15) is 11.3 Å². The Morgan fingerprint density at radius 2 is 1.72 bits per heavy atom. The minimum absolute atomic E-state index is 0.0616. The van der Waals surface area contributed by atoms with E-state index >= 15 is 0 Å². The molecule has 0 atom stereocenters. The lowest BCUT2D eigenvalue weighted by molar-refractivity contribution is 0.122. The van der Waals surface area contributed by atoms with Crippen molar-refractivity contribution in [3.8, 4) is 6.07 Å². The van der Waals surface area contributed by atoms with Crippen molar-refractivity contribution in [2.75, 3.05) is 41.2 Å². The fraction of sp³-hybridized carbons (Fsp3) is 0.227. The van der Waals surface area contributed by atoms with Gasteiger partial charge >= 0.3 is 0 Å². The van der Waals surface area contributed by atoms with Gasteiger partial charge in [-0.1, -0.05) is 12.1 Å². The summed E-state index contributed by atoms with van der Waals surface area (Å²) in [6.45, 7) is 4.80. The van der Waals surface area contributed by atoms with Gasteiger partial charge in [-0.05, 0) is 43.3 Å². The van der Waals surface area contributed by atoms with Crippen LogP contribution < -0.4 is 14.9 Å². The molecule has 1 aliphatic heterocycles. The third-order valence-electron chi connectivity index (χ3n) is 4.87. The van der Waals surface area contributed by atoms with E-state index < -0.39 is 10.0 Å². The van der Waals surface area contributed by atoms with Gasteiger partial charge in [-0.25, -0.2) is 13.4 Å². The molecule has 4 rings (SSSR count). The molecular formula is C22H22N6O3S. The van der Waals surface area contributed by atoms with Crippen LogP contribution in [0.2, 0.25) is 0 Å². The molecule has 1 aromatic heterocycles. The molecule has 1 aliphatic rings. The fourth-order valence-electron chi connectivity index (χ4n) is 3.32. The predicted octanol–water partition coefficient (Wildman–Crippen LogP) is 3.04. The van der Waals surface area contributed by atoms with Gasteiger partial charge < -0.3 is 15.0 Å². The number of anilines is 4. The molecule has 0 unspecified atom stereocenters. The van der Waals surface area contributed by atoms with E-state index in [9.17, 15) is 13.7 Å². The summed E-state index contributed by atoms with van der Waals surface area (Å²) in [5, 5.41) is 12.3. The molecule has 1 fully saturated rings. The highest BCUT2D eigenvalue weighted by molar-refractivity contribution is 7.92. The number of sulfonamides is 1. The summed E-state index contributed by atoms with van der Waals surface area (Å²) >= 11 is 0. The lowest BCUT2D eigenvalue weighted by Gasteiger charge is -2.28. The lowest BCUT2D eigenvalue weighted by Crippen LogP contribution is -2.36. The van der Waals surface area contributed by atoms with Gasteiger partial charge in [-0.3, -0.25) is 4.72 Å². The van der Waals surface area contributed by atoms with E-state index in [0.29, 0.717) is 30.5 Å². The number of hydrogen-bond donors (Lipinski definition) is 2. The largest absolute Gasteiger partial charge is 0.378 e. The normalized spacial score (nSPS) is 13.9. The first-order chi connectivity index (χ1) is 15.4. The Morgan fingerprint density at radius 1 is 1.03 bits per heavy atom. The summed E-state index contributed by atoms with van der Waals surface area (Å²) < 4.78 is 33.2. The molecule has 2 N–H and O–H groups in total. The number of nitriles is 1. The highest BCUT2D eigenvalue weighted by atomic mass is 32.2. The Bertz CT molecular complexity index is 1250. The van der Waals surface area contributed by atoms with E-state index in [-0.39, 0.29) is 10.5 Å². The number of rotatable bonds is 6. The minimum atomic E-state index is -3.88. The van der Waals surface area contributed by atoms with E-state index in [1.807, 2.05) is 19.1 Å². The Morgan fingerprint density at radius 3 is 2.44 bits per heavy atom. The molecule has 1 saturated heterocycles. The average molecular weight is 451 g/mol. The van der Waals surface area contributed by atoms with Crippen molar-refractivity contribution >= 4 is 33.2 Å². The molecule has 10 heteroatoms. The van der Waals surface area contributed by atoms with Gasteiger partial charge in [0.2, 0.25) is 5.95 Å². The maximum atomic E-state index is 12.7. The minimum Gasteiger partial charge on any atom is -0.378 e. The highest BCUT2D eigenvalue weighted by Gasteiger charge is 2.18. The number of nitrogens with zero attached hydrogens (tertiary/aromatic N) is 4. The van der Waals surface area contributed by atoms with Crippen LogP contribution in [-0.2, 0) is 14.8 Å². The Hall–Kier alpha value is -3.68. The number of aryl methyl sites for hydroxylation is 1. The maximum absolute atomic E-state index is 12.7. The average Bonchev–Trinajstić information content (AvgIpc) is 2.80. The van der Waals surface area contributed by atoms with Crippen LogP contribution >= 0.6 is 0 Å². The van der Waals surface area contributed by atoms with Crippen LogP contribution in [0.3, 0.4) is 0 Å². The first-order valence-corrected chi connectivity index (χ1v) is 11.5. The van der Waals surface area contributed by atoms with Crippen LogP contribution in [0.25, 0.3) is 0 Å². The van der Waals surface area contributed by atoms with Crippen LogP contribution in [0.15, 0.2) is 59.5 Å². The fourth-order valence-corrected chi connectivity index (χ4v) is 4.53. The molecule has 2 heterocycles. The summed E-state index contributed by atoms with van der Waals surface area (Å²) in [7, 11) is -3.88. The molecule has 3 aromatic rings. The number of nitrogens with one attached hydrogen (secondary N) is 2. The molecule has 0 aliphatic carbocycles. The smallest absolute Gasteiger partial charge is 0.263 e. The Balaban J connectivity index is 1.49. The monoisotopic (exact) mass is 450 g/mol. The first-order valence-electron chi connectivity index (χ1n) is 10.0. The van der Waals surface area contributed by atoms with Crippen LogP contribution in [-0.4, -0.2) is 44.7 Å². The third kappa shape index (κ3) is 4.96. The van der Waals surface area contributed by atoms with Crippen LogP contribution in [0.4, 0.5) is 23.1 Å². The highest BCUT2D eigenvalue weighted by Crippen LogP contribution is 2.23. The molecule has 0 bridgehead atoms. The summed E-state index contributed by atoms with van der Waals surface area (Å²) in [6.07, 6.45) is 0. The van der Waals surface area contributed by atoms with Crippen molar-refractivity contribution in [3.05, 3.63) is 65.9 Å². The van der Waals surface area contributed by atoms with Crippen molar-refractivity contribution in [1.82, 2.24) is 9.97 Å². The summed E-state index contributed by atoms with van der Waals surface area (Å²) in [4.78, 5) is 11.1. The van der Waals surface area contributed by atoms with E-state index in [2.05, 4.69) is 24.9 Å². The number of benzene rings is 2. The molecule has 0 spiro atoms. The Kier molecular flexibility index (Phi) is 6.20. The van der Waals surface area contributed by atoms with Crippen molar-refractivity contribution in [1.29, 1.82) is 5.26 Å². The molecule has 0 saturated carbocycles. The summed E-state index contributed by atoms with van der Waals surface area (Å²) in [6, 6.07) is 16.6. The number of hydrogen-bond acceptors (Lipinski definition) is 8. The zero-order valence-corrected chi connectivity index (χ0v) is 18.3. The van der Waals surface area contributed by atoms with Gasteiger partial charge in [0.05, 0.1) is 18.8 Å². The zero-order valence-electron chi connectivity index (χ0n) is 17.4. The topological polar surface area (TPSA) is 120 Å². The molecule has 0 radical (unpaired) electrons. The van der Waals surface area contributed by atoms with Gasteiger partial charge in [-0.15, -0.1) is 0 Å². The number of aromatic nitrogens is 2. The van der Waals surface area contributed by atoms with Gasteiger partial charge in [-0.2, -0.15) is 10.2 Å². The van der Waals surface area contributed by atoms with Gasteiger partial charge in [0, 0.05) is 36.2 Å². The van der Waals surface area contributed by atoms with Gasteiger partial charge in [0.1, 0.15) is 16.8 Å². The number of morpholine rings is 1. The van der Waals surface area contributed by atoms with E-state index in [0.717, 1.165) is 24.6 Å².